The van der Waals surface area contributed by atoms with Crippen molar-refractivity contribution >= 4 is 39.4 Å². The Morgan fingerprint density at radius 2 is 1.51 bits per heavy atom. The van der Waals surface area contributed by atoms with E-state index in [2.05, 4.69) is 14.8 Å². The fourth-order valence-corrected chi connectivity index (χ4v) is 3.82. The zero-order valence-electron chi connectivity index (χ0n) is 20.2. The first-order valence-corrected chi connectivity index (χ1v) is 13.0. The van der Waals surface area contributed by atoms with Crippen LogP contribution in [0.5, 0.6) is 0 Å². The summed E-state index contributed by atoms with van der Waals surface area (Å²) in [5.41, 5.74) is 7.06. The molecule has 0 heterocycles. The van der Waals surface area contributed by atoms with Crippen LogP contribution in [0.3, 0.4) is 0 Å². The first-order valence-electron chi connectivity index (χ1n) is 11.2. The Morgan fingerprint density at radius 1 is 0.892 bits per heavy atom. The monoisotopic (exact) mass is 522 g/mol. The Bertz CT molecular complexity index is 1470. The van der Waals surface area contributed by atoms with E-state index in [1.807, 2.05) is 6.92 Å². The van der Waals surface area contributed by atoms with Crippen LogP contribution in [0.15, 0.2) is 66.7 Å². The second-order valence-electron chi connectivity index (χ2n) is 8.08. The van der Waals surface area contributed by atoms with Crippen molar-refractivity contribution < 1.29 is 27.0 Å². The topological polar surface area (TPSA) is 169 Å². The van der Waals surface area contributed by atoms with Crippen molar-refractivity contribution in [1.29, 1.82) is 5.41 Å². The molecule has 0 saturated carbocycles. The van der Waals surface area contributed by atoms with E-state index in [0.29, 0.717) is 29.8 Å². The van der Waals surface area contributed by atoms with Gasteiger partial charge in [-0.25, -0.2) is 4.79 Å². The summed E-state index contributed by atoms with van der Waals surface area (Å²) in [5, 5.41) is 12.9. The van der Waals surface area contributed by atoms with Crippen LogP contribution >= 0.6 is 0 Å². The van der Waals surface area contributed by atoms with Gasteiger partial charge in [0.1, 0.15) is 5.84 Å². The number of benzene rings is 3. The summed E-state index contributed by atoms with van der Waals surface area (Å²) in [6.07, 6.45) is 1.44. The average molecular weight is 523 g/mol. The summed E-state index contributed by atoms with van der Waals surface area (Å²) < 4.78 is 27.9. The number of nitrogens with two attached hydrogens (primary N) is 1. The zero-order valence-corrected chi connectivity index (χ0v) is 21.0. The molecule has 3 rings (SSSR count). The summed E-state index contributed by atoms with van der Waals surface area (Å²) in [6.45, 7) is 2.30. The van der Waals surface area contributed by atoms with Gasteiger partial charge in [0.2, 0.25) is 0 Å². The Kier molecular flexibility index (Phi) is 8.41. The molecule has 0 fully saturated rings. The van der Waals surface area contributed by atoms with Gasteiger partial charge in [0.05, 0.1) is 11.8 Å². The maximum Gasteiger partial charge on any atom is 0.354 e. The highest BCUT2D eigenvalue weighted by molar-refractivity contribution is 7.86. The molecule has 0 aromatic heterocycles. The van der Waals surface area contributed by atoms with Gasteiger partial charge in [-0.05, 0) is 60.0 Å². The second kappa shape index (κ2) is 11.5. The molecule has 0 radical (unpaired) electrons. The Balaban J connectivity index is 2.05. The lowest BCUT2D eigenvalue weighted by atomic mass is 9.93. The molecule has 0 aliphatic heterocycles. The number of nitrogen functional groups attached to an aromatic ring is 1. The molecule has 5 N–H and O–H groups in total. The largest absolute Gasteiger partial charge is 0.384 e. The summed E-state index contributed by atoms with van der Waals surface area (Å²) in [5.74, 6) is -2.23. The Morgan fingerprint density at radius 3 is 2.14 bits per heavy atom. The van der Waals surface area contributed by atoms with Gasteiger partial charge < -0.3 is 20.6 Å². The van der Waals surface area contributed by atoms with E-state index in [1.165, 1.54) is 18.2 Å². The molecule has 0 atom stereocenters. The van der Waals surface area contributed by atoms with Gasteiger partial charge >= 0.3 is 16.1 Å². The van der Waals surface area contributed by atoms with Gasteiger partial charge in [-0.15, -0.1) is 0 Å². The van der Waals surface area contributed by atoms with Crippen LogP contribution in [-0.4, -0.2) is 44.8 Å². The molecule has 0 saturated heterocycles. The third-order valence-corrected chi connectivity index (χ3v) is 5.63. The van der Waals surface area contributed by atoms with Crippen molar-refractivity contribution in [2.24, 2.45) is 5.73 Å². The van der Waals surface area contributed by atoms with E-state index in [-0.39, 0.29) is 28.1 Å². The zero-order chi connectivity index (χ0) is 27.2. The Hall–Kier alpha value is -4.51. The van der Waals surface area contributed by atoms with Crippen LogP contribution in [0, 0.1) is 5.41 Å². The minimum Gasteiger partial charge on any atom is -0.384 e. The molecule has 0 bridgehead atoms. The van der Waals surface area contributed by atoms with Crippen LogP contribution in [0.2, 0.25) is 0 Å². The van der Waals surface area contributed by atoms with Gasteiger partial charge in [0.15, 0.2) is 0 Å². The predicted octanol–water partition coefficient (Wildman–Crippen LogP) is 3.15. The molecule has 3 aromatic carbocycles. The number of anilines is 1. The van der Waals surface area contributed by atoms with Crippen molar-refractivity contribution in [1.82, 2.24) is 5.32 Å². The van der Waals surface area contributed by atoms with Crippen LogP contribution in [0.1, 0.15) is 50.0 Å². The van der Waals surface area contributed by atoms with Gasteiger partial charge in [0, 0.05) is 28.9 Å². The molecule has 10 nitrogen and oxygen atoms in total. The van der Waals surface area contributed by atoms with Crippen molar-refractivity contribution in [2.45, 2.75) is 13.3 Å². The van der Waals surface area contributed by atoms with E-state index < -0.39 is 27.9 Å². The normalized spacial score (nSPS) is 10.9. The first-order chi connectivity index (χ1) is 17.5. The number of amides is 2. The van der Waals surface area contributed by atoms with Crippen molar-refractivity contribution in [3.8, 4) is 11.1 Å². The van der Waals surface area contributed by atoms with Gasteiger partial charge in [0.25, 0.3) is 11.8 Å². The minimum absolute atomic E-state index is 0.108. The van der Waals surface area contributed by atoms with Gasteiger partial charge in [-0.1, -0.05) is 31.2 Å². The lowest BCUT2D eigenvalue weighted by molar-refractivity contribution is 0.0748. The number of hydrogen-bond donors (Lipinski definition) is 4. The quantitative estimate of drug-likeness (QED) is 0.190. The highest BCUT2D eigenvalue weighted by Gasteiger charge is 2.23. The lowest BCUT2D eigenvalue weighted by Crippen LogP contribution is -2.24. The van der Waals surface area contributed by atoms with Crippen molar-refractivity contribution in [3.05, 3.63) is 89.0 Å². The van der Waals surface area contributed by atoms with Crippen molar-refractivity contribution in [2.75, 3.05) is 18.1 Å². The number of nitrogens with one attached hydrogen (secondary N) is 3. The van der Waals surface area contributed by atoms with Gasteiger partial charge in [-0.3, -0.25) is 15.0 Å². The molecule has 192 valence electrons. The fraction of sp³-hybridized carbons (Fsp3) is 0.154. The number of carbonyl (C=O) groups excluding carboxylic acids is 3. The Labute approximate surface area is 214 Å². The minimum atomic E-state index is -4.15. The molecule has 0 unspecified atom stereocenters. The second-order valence-corrected chi connectivity index (χ2v) is 9.66. The molecule has 0 aliphatic carbocycles. The SMILES string of the molecule is CCCNC(=O)c1ccc(-c2ccccc2C(=O)Nc2ccc(C(=N)N)cc2)c(C(=O)OS(C)(=O)=O)c1. The predicted molar refractivity (Wildman–Crippen MR) is 140 cm³/mol. The molecule has 3 aromatic rings. The van der Waals surface area contributed by atoms with E-state index in [4.69, 9.17) is 11.1 Å². The van der Waals surface area contributed by atoms with E-state index in [1.54, 1.807) is 48.5 Å². The van der Waals surface area contributed by atoms with E-state index in [0.717, 1.165) is 6.26 Å². The summed E-state index contributed by atoms with van der Waals surface area (Å²) >= 11 is 0. The summed E-state index contributed by atoms with van der Waals surface area (Å²) in [7, 11) is -4.15. The molecule has 0 aliphatic rings. The highest BCUT2D eigenvalue weighted by Crippen LogP contribution is 2.30. The fourth-order valence-electron chi connectivity index (χ4n) is 3.46. The number of carbonyl (C=O) groups is 3. The average Bonchev–Trinajstić information content (AvgIpc) is 2.86. The van der Waals surface area contributed by atoms with Crippen LogP contribution in [0.4, 0.5) is 5.69 Å². The maximum atomic E-state index is 13.2. The lowest BCUT2D eigenvalue weighted by Gasteiger charge is -2.15. The number of hydrogen-bond acceptors (Lipinski definition) is 7. The molecule has 0 spiro atoms. The molecular weight excluding hydrogens is 496 g/mol. The molecule has 37 heavy (non-hydrogen) atoms. The van der Waals surface area contributed by atoms with Crippen LogP contribution < -0.4 is 16.4 Å². The smallest absolute Gasteiger partial charge is 0.354 e. The van der Waals surface area contributed by atoms with E-state index in [9.17, 15) is 22.8 Å². The standard InChI is InChI=1S/C26H26N4O6S/c1-3-14-29-24(31)17-10-13-20(22(15-17)26(33)36-37(2,34)35)19-6-4-5-7-21(19)25(32)30-18-11-8-16(9-12-18)23(27)28/h4-13,15H,3,14H2,1-2H3,(H3,27,28)(H,29,31)(H,30,32). The van der Waals surface area contributed by atoms with Gasteiger partial charge in [-0.2, -0.15) is 8.42 Å². The molecular formula is C26H26N4O6S. The third kappa shape index (κ3) is 7.01. The summed E-state index contributed by atoms with van der Waals surface area (Å²) in [6, 6.07) is 17.0. The highest BCUT2D eigenvalue weighted by atomic mass is 32.2. The van der Waals surface area contributed by atoms with Crippen LogP contribution in [0.25, 0.3) is 11.1 Å². The van der Waals surface area contributed by atoms with Crippen LogP contribution in [-0.2, 0) is 14.3 Å². The maximum absolute atomic E-state index is 13.2. The number of amidine groups is 1. The number of rotatable bonds is 9. The van der Waals surface area contributed by atoms with Crippen molar-refractivity contribution in [3.63, 3.8) is 0 Å². The third-order valence-electron chi connectivity index (χ3n) is 5.18. The van der Waals surface area contributed by atoms with E-state index >= 15 is 0 Å². The summed E-state index contributed by atoms with van der Waals surface area (Å²) in [4.78, 5) is 38.5. The first kappa shape index (κ1) is 27.1. The molecule has 2 amide bonds. The molecule has 11 heteroatoms.